The van der Waals surface area contributed by atoms with Crippen molar-refractivity contribution in [3.05, 3.63) is 23.9 Å². The molecule has 0 bridgehead atoms. The average molecular weight is 288 g/mol. The van der Waals surface area contributed by atoms with Gasteiger partial charge in [0.05, 0.1) is 19.7 Å². The van der Waals surface area contributed by atoms with Gasteiger partial charge in [-0.3, -0.25) is 0 Å². The van der Waals surface area contributed by atoms with Gasteiger partial charge in [-0.1, -0.05) is 0 Å². The van der Waals surface area contributed by atoms with Crippen molar-refractivity contribution in [3.63, 3.8) is 0 Å². The Morgan fingerprint density at radius 2 is 2.19 bits per heavy atom. The highest BCUT2D eigenvalue weighted by atomic mass is 16.5. The number of hydrogen-bond donors (Lipinski definition) is 0. The van der Waals surface area contributed by atoms with Gasteiger partial charge in [-0.2, -0.15) is 10.1 Å². The minimum atomic E-state index is 0.344. The van der Waals surface area contributed by atoms with E-state index in [0.717, 1.165) is 43.5 Å². The van der Waals surface area contributed by atoms with Crippen molar-refractivity contribution >= 4 is 5.95 Å². The molecule has 1 aliphatic heterocycles. The summed E-state index contributed by atoms with van der Waals surface area (Å²) in [5, 5.41) is 4.45. The number of methoxy groups -OCH3 is 1. The molecule has 7 heteroatoms. The SMILES string of the molecule is COc1ccnc(N2CCC[C@H]2Cn2nc(C)nc2C)n1. The summed E-state index contributed by atoms with van der Waals surface area (Å²) in [5.41, 5.74) is 0. The minimum absolute atomic E-state index is 0.344. The van der Waals surface area contributed by atoms with Crippen molar-refractivity contribution in [1.29, 1.82) is 0 Å². The van der Waals surface area contributed by atoms with Crippen molar-refractivity contribution < 1.29 is 4.74 Å². The quantitative estimate of drug-likeness (QED) is 0.846. The predicted octanol–water partition coefficient (Wildman–Crippen LogP) is 1.36. The molecule has 2 aromatic rings. The maximum atomic E-state index is 5.19. The van der Waals surface area contributed by atoms with Crippen molar-refractivity contribution in [2.75, 3.05) is 18.6 Å². The molecular weight excluding hydrogens is 268 g/mol. The van der Waals surface area contributed by atoms with E-state index >= 15 is 0 Å². The first-order valence-corrected chi connectivity index (χ1v) is 7.19. The Morgan fingerprint density at radius 1 is 1.33 bits per heavy atom. The number of aryl methyl sites for hydroxylation is 2. The third-order valence-electron chi connectivity index (χ3n) is 3.81. The van der Waals surface area contributed by atoms with Gasteiger partial charge in [0.2, 0.25) is 11.8 Å². The van der Waals surface area contributed by atoms with E-state index in [4.69, 9.17) is 4.74 Å². The first kappa shape index (κ1) is 13.8. The molecule has 1 atom stereocenters. The van der Waals surface area contributed by atoms with Crippen LogP contribution in [-0.4, -0.2) is 44.4 Å². The summed E-state index contributed by atoms with van der Waals surface area (Å²) in [6, 6.07) is 2.11. The van der Waals surface area contributed by atoms with Gasteiger partial charge in [0, 0.05) is 18.8 Å². The lowest BCUT2D eigenvalue weighted by Gasteiger charge is -2.24. The standard InChI is InChI=1S/C14H20N6O/c1-10-16-11(2)20(18-10)9-12-5-4-8-19(12)14-15-7-6-13(17-14)21-3/h6-7,12H,4-5,8-9H2,1-3H3/t12-/m0/s1. The number of hydrogen-bond acceptors (Lipinski definition) is 6. The van der Waals surface area contributed by atoms with Crippen LogP contribution in [0.2, 0.25) is 0 Å². The zero-order chi connectivity index (χ0) is 14.8. The normalized spacial score (nSPS) is 18.2. The number of rotatable bonds is 4. The molecule has 21 heavy (non-hydrogen) atoms. The highest BCUT2D eigenvalue weighted by molar-refractivity contribution is 5.35. The molecule has 3 rings (SSSR count). The second-order valence-corrected chi connectivity index (χ2v) is 5.28. The topological polar surface area (TPSA) is 69.0 Å². The average Bonchev–Trinajstić information content (AvgIpc) is 3.06. The summed E-state index contributed by atoms with van der Waals surface area (Å²) < 4.78 is 7.16. The summed E-state index contributed by atoms with van der Waals surface area (Å²) in [6.45, 7) is 5.68. The molecule has 1 saturated heterocycles. The molecule has 2 aromatic heterocycles. The molecule has 0 saturated carbocycles. The van der Waals surface area contributed by atoms with E-state index in [1.54, 1.807) is 19.4 Å². The molecule has 0 radical (unpaired) electrons. The van der Waals surface area contributed by atoms with E-state index in [1.165, 1.54) is 0 Å². The number of nitrogens with zero attached hydrogens (tertiary/aromatic N) is 6. The lowest BCUT2D eigenvalue weighted by molar-refractivity contribution is 0.396. The third-order valence-corrected chi connectivity index (χ3v) is 3.81. The molecule has 0 amide bonds. The van der Waals surface area contributed by atoms with Crippen LogP contribution in [0.1, 0.15) is 24.5 Å². The van der Waals surface area contributed by atoms with E-state index in [9.17, 15) is 0 Å². The first-order valence-electron chi connectivity index (χ1n) is 7.19. The van der Waals surface area contributed by atoms with Gasteiger partial charge < -0.3 is 9.64 Å². The molecule has 112 valence electrons. The fourth-order valence-electron chi connectivity index (χ4n) is 2.81. The number of anilines is 1. The van der Waals surface area contributed by atoms with Crippen LogP contribution in [0.25, 0.3) is 0 Å². The van der Waals surface area contributed by atoms with E-state index in [-0.39, 0.29) is 0 Å². The smallest absolute Gasteiger partial charge is 0.228 e. The fourth-order valence-corrected chi connectivity index (χ4v) is 2.81. The van der Waals surface area contributed by atoms with E-state index in [1.807, 2.05) is 18.5 Å². The van der Waals surface area contributed by atoms with Gasteiger partial charge in [0.15, 0.2) is 0 Å². The van der Waals surface area contributed by atoms with Crippen molar-refractivity contribution in [1.82, 2.24) is 24.7 Å². The van der Waals surface area contributed by atoms with Crippen molar-refractivity contribution in [3.8, 4) is 5.88 Å². The van der Waals surface area contributed by atoms with Crippen LogP contribution in [0.3, 0.4) is 0 Å². The molecule has 0 aliphatic carbocycles. The molecule has 1 aliphatic rings. The zero-order valence-corrected chi connectivity index (χ0v) is 12.7. The molecule has 0 aromatic carbocycles. The summed E-state index contributed by atoms with van der Waals surface area (Å²) in [4.78, 5) is 15.4. The number of ether oxygens (including phenoxy) is 1. The van der Waals surface area contributed by atoms with E-state index < -0.39 is 0 Å². The van der Waals surface area contributed by atoms with Crippen LogP contribution >= 0.6 is 0 Å². The predicted molar refractivity (Wildman–Crippen MR) is 78.4 cm³/mol. The molecule has 0 unspecified atom stereocenters. The highest BCUT2D eigenvalue weighted by Gasteiger charge is 2.28. The largest absolute Gasteiger partial charge is 0.481 e. The number of aromatic nitrogens is 5. The Morgan fingerprint density at radius 3 is 2.90 bits per heavy atom. The minimum Gasteiger partial charge on any atom is -0.481 e. The summed E-state index contributed by atoms with van der Waals surface area (Å²) in [5.74, 6) is 3.09. The summed E-state index contributed by atoms with van der Waals surface area (Å²) in [7, 11) is 1.62. The van der Waals surface area contributed by atoms with Crippen LogP contribution in [0, 0.1) is 13.8 Å². The second kappa shape index (κ2) is 5.67. The van der Waals surface area contributed by atoms with Crippen molar-refractivity contribution in [2.24, 2.45) is 0 Å². The van der Waals surface area contributed by atoms with Crippen LogP contribution in [0.5, 0.6) is 5.88 Å². The van der Waals surface area contributed by atoms with Gasteiger partial charge in [-0.25, -0.2) is 14.6 Å². The van der Waals surface area contributed by atoms with Gasteiger partial charge in [-0.05, 0) is 26.7 Å². The fraction of sp³-hybridized carbons (Fsp3) is 0.571. The second-order valence-electron chi connectivity index (χ2n) is 5.28. The van der Waals surface area contributed by atoms with Gasteiger partial charge >= 0.3 is 0 Å². The third kappa shape index (κ3) is 2.81. The van der Waals surface area contributed by atoms with Gasteiger partial charge in [0.25, 0.3) is 0 Å². The van der Waals surface area contributed by atoms with Gasteiger partial charge in [0.1, 0.15) is 11.6 Å². The molecular formula is C14H20N6O. The van der Waals surface area contributed by atoms with Crippen LogP contribution in [0.15, 0.2) is 12.3 Å². The molecule has 0 N–H and O–H groups in total. The lowest BCUT2D eigenvalue weighted by Crippen LogP contribution is -2.34. The zero-order valence-electron chi connectivity index (χ0n) is 12.7. The lowest BCUT2D eigenvalue weighted by atomic mass is 10.2. The molecule has 3 heterocycles. The van der Waals surface area contributed by atoms with Crippen LogP contribution in [-0.2, 0) is 6.54 Å². The Bertz CT molecular complexity index is 626. The Kier molecular flexibility index (Phi) is 3.72. The maximum absolute atomic E-state index is 5.19. The van der Waals surface area contributed by atoms with E-state index in [0.29, 0.717) is 11.9 Å². The molecule has 0 spiro atoms. The molecule has 1 fully saturated rings. The Labute approximate surface area is 124 Å². The summed E-state index contributed by atoms with van der Waals surface area (Å²) >= 11 is 0. The van der Waals surface area contributed by atoms with Crippen molar-refractivity contribution in [2.45, 2.75) is 39.3 Å². The van der Waals surface area contributed by atoms with Crippen LogP contribution in [0.4, 0.5) is 5.95 Å². The Balaban J connectivity index is 1.80. The van der Waals surface area contributed by atoms with Gasteiger partial charge in [-0.15, -0.1) is 0 Å². The monoisotopic (exact) mass is 288 g/mol. The van der Waals surface area contributed by atoms with Crippen LogP contribution < -0.4 is 9.64 Å². The molecule has 7 nitrogen and oxygen atoms in total. The summed E-state index contributed by atoms with van der Waals surface area (Å²) in [6.07, 6.45) is 3.98. The van der Waals surface area contributed by atoms with E-state index in [2.05, 4.69) is 25.0 Å². The first-order chi connectivity index (χ1) is 10.2. The Hall–Kier alpha value is -2.18. The highest BCUT2D eigenvalue weighted by Crippen LogP contribution is 2.24. The maximum Gasteiger partial charge on any atom is 0.228 e.